The third-order valence-electron chi connectivity index (χ3n) is 5.36. The largest absolute Gasteiger partial charge is 0.483 e. The van der Waals surface area contributed by atoms with Crippen molar-refractivity contribution in [2.75, 3.05) is 13.2 Å². The van der Waals surface area contributed by atoms with E-state index in [9.17, 15) is 9.59 Å². The molecule has 0 saturated heterocycles. The van der Waals surface area contributed by atoms with Gasteiger partial charge in [-0.25, -0.2) is 0 Å². The van der Waals surface area contributed by atoms with E-state index in [-0.39, 0.29) is 25.0 Å². The van der Waals surface area contributed by atoms with Crippen molar-refractivity contribution in [2.45, 2.75) is 59.0 Å². The maximum Gasteiger partial charge on any atom is 0.261 e. The molecular formula is C25H31BrCl2N2O3. The number of rotatable bonds is 12. The minimum atomic E-state index is -0.670. The van der Waals surface area contributed by atoms with Crippen LogP contribution in [0.25, 0.3) is 0 Å². The van der Waals surface area contributed by atoms with Gasteiger partial charge < -0.3 is 15.0 Å². The number of carbonyl (C=O) groups excluding carboxylic acids is 2. The molecule has 0 saturated carbocycles. The summed E-state index contributed by atoms with van der Waals surface area (Å²) >= 11 is 16.2. The second kappa shape index (κ2) is 13.8. The monoisotopic (exact) mass is 556 g/mol. The smallest absolute Gasteiger partial charge is 0.261 e. The first-order chi connectivity index (χ1) is 15.8. The number of aryl methyl sites for hydroxylation is 1. The Morgan fingerprint density at radius 2 is 1.82 bits per heavy atom. The molecule has 0 aliphatic rings. The Bertz CT molecular complexity index is 935. The molecule has 0 bridgehead atoms. The SMILES string of the molecule is CCCCNC(=O)[C@@H](CC)N(Cc1c(Cl)cccc1Cl)C(=O)COc1ccc(CC)cc1Br. The van der Waals surface area contributed by atoms with Gasteiger partial charge in [0.05, 0.1) is 4.47 Å². The number of halogens is 3. The molecule has 2 amide bonds. The molecular weight excluding hydrogens is 527 g/mol. The minimum Gasteiger partial charge on any atom is -0.483 e. The Labute approximate surface area is 214 Å². The Morgan fingerprint density at radius 3 is 2.39 bits per heavy atom. The average molecular weight is 558 g/mol. The standard InChI is InChI=1S/C25H31BrCl2N2O3/c1-4-7-13-29-25(32)22(6-3)30(15-18-20(27)9-8-10-21(18)28)24(31)16-33-23-12-11-17(5-2)14-19(23)26/h8-12,14,22H,4-7,13,15-16H2,1-3H3,(H,29,32)/t22-/m1/s1. The normalized spacial score (nSPS) is 11.7. The first-order valence-corrected chi connectivity index (χ1v) is 12.8. The zero-order valence-electron chi connectivity index (χ0n) is 19.3. The molecule has 2 aromatic rings. The van der Waals surface area contributed by atoms with Crippen LogP contribution in [0.4, 0.5) is 0 Å². The van der Waals surface area contributed by atoms with Crippen molar-refractivity contribution in [1.82, 2.24) is 10.2 Å². The summed E-state index contributed by atoms with van der Waals surface area (Å²) in [5, 5.41) is 3.82. The number of nitrogens with one attached hydrogen (secondary N) is 1. The summed E-state index contributed by atoms with van der Waals surface area (Å²) in [6.07, 6.45) is 3.18. The summed E-state index contributed by atoms with van der Waals surface area (Å²) in [5.74, 6) is 0.0441. The fourth-order valence-corrected chi connectivity index (χ4v) is 4.44. The van der Waals surface area contributed by atoms with E-state index in [1.807, 2.05) is 25.1 Å². The highest BCUT2D eigenvalue weighted by Gasteiger charge is 2.30. The highest BCUT2D eigenvalue weighted by molar-refractivity contribution is 9.10. The van der Waals surface area contributed by atoms with E-state index in [1.165, 1.54) is 4.90 Å². The van der Waals surface area contributed by atoms with Gasteiger partial charge in [-0.15, -0.1) is 0 Å². The number of unbranched alkanes of at least 4 members (excludes halogenated alkanes) is 1. The summed E-state index contributed by atoms with van der Waals surface area (Å²) in [6, 6.07) is 10.3. The lowest BCUT2D eigenvalue weighted by Gasteiger charge is -2.31. The number of amides is 2. The molecule has 1 atom stereocenters. The van der Waals surface area contributed by atoms with Crippen molar-refractivity contribution in [3.8, 4) is 5.75 Å². The van der Waals surface area contributed by atoms with Crippen LogP contribution in [0, 0.1) is 0 Å². The molecule has 0 radical (unpaired) electrons. The lowest BCUT2D eigenvalue weighted by molar-refractivity contribution is -0.143. The Balaban J connectivity index is 2.26. The second-order valence-electron chi connectivity index (χ2n) is 7.70. The molecule has 180 valence electrons. The van der Waals surface area contributed by atoms with Gasteiger partial charge in [-0.3, -0.25) is 9.59 Å². The maximum absolute atomic E-state index is 13.3. The second-order valence-corrected chi connectivity index (χ2v) is 9.37. The van der Waals surface area contributed by atoms with Gasteiger partial charge in [-0.2, -0.15) is 0 Å². The van der Waals surface area contributed by atoms with Gasteiger partial charge in [-0.1, -0.05) is 62.5 Å². The van der Waals surface area contributed by atoms with E-state index in [1.54, 1.807) is 18.2 Å². The average Bonchev–Trinajstić information content (AvgIpc) is 2.79. The Morgan fingerprint density at radius 1 is 1.12 bits per heavy atom. The van der Waals surface area contributed by atoms with Gasteiger partial charge in [0.15, 0.2) is 6.61 Å². The van der Waals surface area contributed by atoms with Crippen molar-refractivity contribution in [3.05, 3.63) is 62.0 Å². The molecule has 0 aliphatic heterocycles. The van der Waals surface area contributed by atoms with Gasteiger partial charge in [0.25, 0.3) is 5.91 Å². The number of benzene rings is 2. The zero-order chi connectivity index (χ0) is 24.4. The summed E-state index contributed by atoms with van der Waals surface area (Å²) in [7, 11) is 0. The van der Waals surface area contributed by atoms with Gasteiger partial charge in [0.2, 0.25) is 5.91 Å². The van der Waals surface area contributed by atoms with Gasteiger partial charge >= 0.3 is 0 Å². The maximum atomic E-state index is 13.3. The van der Waals surface area contributed by atoms with Crippen LogP contribution in [0.2, 0.25) is 10.0 Å². The van der Waals surface area contributed by atoms with E-state index in [4.69, 9.17) is 27.9 Å². The molecule has 0 fully saturated rings. The highest BCUT2D eigenvalue weighted by atomic mass is 79.9. The van der Waals surface area contributed by atoms with Gasteiger partial charge in [-0.05, 0) is 65.0 Å². The number of nitrogens with zero attached hydrogens (tertiary/aromatic N) is 1. The quantitative estimate of drug-likeness (QED) is 0.306. The molecule has 0 aliphatic carbocycles. The van der Waals surface area contributed by atoms with Crippen LogP contribution in [-0.4, -0.2) is 35.9 Å². The Kier molecular flexibility index (Phi) is 11.5. The Hall–Kier alpha value is -1.76. The van der Waals surface area contributed by atoms with Crippen LogP contribution in [0.1, 0.15) is 51.2 Å². The third-order valence-corrected chi connectivity index (χ3v) is 6.69. The van der Waals surface area contributed by atoms with Crippen molar-refractivity contribution >= 4 is 50.9 Å². The number of hydrogen-bond donors (Lipinski definition) is 1. The number of hydrogen-bond acceptors (Lipinski definition) is 3. The van der Waals surface area contributed by atoms with Gasteiger partial charge in [0.1, 0.15) is 11.8 Å². The van der Waals surface area contributed by atoms with Crippen molar-refractivity contribution < 1.29 is 14.3 Å². The van der Waals surface area contributed by atoms with Crippen molar-refractivity contribution in [3.63, 3.8) is 0 Å². The summed E-state index contributed by atoms with van der Waals surface area (Å²) in [6.45, 7) is 6.45. The van der Waals surface area contributed by atoms with Crippen LogP contribution in [-0.2, 0) is 22.6 Å². The van der Waals surface area contributed by atoms with E-state index in [2.05, 4.69) is 35.1 Å². The zero-order valence-corrected chi connectivity index (χ0v) is 22.4. The van der Waals surface area contributed by atoms with E-state index in [0.717, 1.165) is 29.3 Å². The highest BCUT2D eigenvalue weighted by Crippen LogP contribution is 2.28. The fourth-order valence-electron chi connectivity index (χ4n) is 3.38. The summed E-state index contributed by atoms with van der Waals surface area (Å²) in [5.41, 5.74) is 1.76. The first-order valence-electron chi connectivity index (χ1n) is 11.2. The predicted molar refractivity (Wildman–Crippen MR) is 138 cm³/mol. The lowest BCUT2D eigenvalue weighted by atomic mass is 10.1. The molecule has 8 heteroatoms. The van der Waals surface area contributed by atoms with Crippen LogP contribution in [0.5, 0.6) is 5.75 Å². The van der Waals surface area contributed by atoms with Crippen molar-refractivity contribution in [1.29, 1.82) is 0 Å². The van der Waals surface area contributed by atoms with Crippen LogP contribution < -0.4 is 10.1 Å². The first kappa shape index (κ1) is 27.5. The molecule has 0 aromatic heterocycles. The molecule has 2 aromatic carbocycles. The topological polar surface area (TPSA) is 58.6 Å². The summed E-state index contributed by atoms with van der Waals surface area (Å²) in [4.78, 5) is 27.8. The molecule has 0 spiro atoms. The molecule has 33 heavy (non-hydrogen) atoms. The van der Waals surface area contributed by atoms with E-state index >= 15 is 0 Å². The minimum absolute atomic E-state index is 0.107. The molecule has 1 N–H and O–H groups in total. The van der Waals surface area contributed by atoms with Gasteiger partial charge in [0, 0.05) is 28.7 Å². The van der Waals surface area contributed by atoms with Crippen LogP contribution in [0.3, 0.4) is 0 Å². The molecule has 0 heterocycles. The summed E-state index contributed by atoms with van der Waals surface area (Å²) < 4.78 is 6.59. The van der Waals surface area contributed by atoms with E-state index in [0.29, 0.717) is 34.3 Å². The van der Waals surface area contributed by atoms with Crippen LogP contribution in [0.15, 0.2) is 40.9 Å². The van der Waals surface area contributed by atoms with Crippen molar-refractivity contribution in [2.24, 2.45) is 0 Å². The lowest BCUT2D eigenvalue weighted by Crippen LogP contribution is -2.50. The third kappa shape index (κ3) is 7.90. The molecule has 0 unspecified atom stereocenters. The fraction of sp³-hybridized carbons (Fsp3) is 0.440. The predicted octanol–water partition coefficient (Wildman–Crippen LogP) is 6.42. The van der Waals surface area contributed by atoms with Crippen LogP contribution >= 0.6 is 39.1 Å². The van der Waals surface area contributed by atoms with E-state index < -0.39 is 6.04 Å². The number of carbonyl (C=O) groups is 2. The molecule has 5 nitrogen and oxygen atoms in total. The molecule has 2 rings (SSSR count). The number of ether oxygens (including phenoxy) is 1.